The fourth-order valence-electron chi connectivity index (χ4n) is 8.66. The van der Waals surface area contributed by atoms with Gasteiger partial charge in [0.1, 0.15) is 11.5 Å². The minimum Gasteiger partial charge on any atom is -0.493 e. The van der Waals surface area contributed by atoms with Crippen molar-refractivity contribution in [2.45, 2.75) is 162 Å². The van der Waals surface area contributed by atoms with E-state index in [4.69, 9.17) is 23.4 Å². The van der Waals surface area contributed by atoms with Crippen LogP contribution in [0.3, 0.4) is 0 Å². The molecule has 0 amide bonds. The molecule has 1 saturated heterocycles. The fourth-order valence-corrected chi connectivity index (χ4v) is 8.66. The van der Waals surface area contributed by atoms with Gasteiger partial charge in [0, 0.05) is 0 Å². The van der Waals surface area contributed by atoms with E-state index in [-0.39, 0.29) is 0 Å². The van der Waals surface area contributed by atoms with Crippen molar-refractivity contribution >= 4 is 25.5 Å². The lowest BCUT2D eigenvalue weighted by atomic mass is 9.65. The molecule has 6 rings (SSSR count). The second-order valence-corrected chi connectivity index (χ2v) is 19.9. The summed E-state index contributed by atoms with van der Waals surface area (Å²) in [5.41, 5.74) is 5.52. The number of fused-ring (bicyclic) bond motifs is 3. The zero-order chi connectivity index (χ0) is 44.2. The molecular weight excluding hydrogens is 754 g/mol. The van der Waals surface area contributed by atoms with Gasteiger partial charge in [0.05, 0.1) is 41.0 Å². The van der Waals surface area contributed by atoms with Gasteiger partial charge < -0.3 is 28.5 Å². The number of aliphatic hydroxyl groups is 1. The molecular formula is C53H74B2O6. The lowest BCUT2D eigenvalue weighted by molar-refractivity contribution is -0.0893. The SMILES string of the molecule is CCCCC(CC)COc1ccc(C2(c3ccc(OCC(CC)CCCC)cc3)c3cc(BOC(C)(C)C(C)(C)O)ccc3-c3ccc(B4OC(C)(C)C(C)(C)O4)cc32)cc1. The second-order valence-electron chi connectivity index (χ2n) is 19.9. The van der Waals surface area contributed by atoms with Gasteiger partial charge in [-0.25, -0.2) is 0 Å². The van der Waals surface area contributed by atoms with E-state index >= 15 is 0 Å². The summed E-state index contributed by atoms with van der Waals surface area (Å²) in [4.78, 5) is 0. The van der Waals surface area contributed by atoms with Crippen LogP contribution in [0.5, 0.6) is 11.5 Å². The van der Waals surface area contributed by atoms with E-state index in [9.17, 15) is 5.11 Å². The van der Waals surface area contributed by atoms with Crippen LogP contribution in [-0.2, 0) is 19.4 Å². The Morgan fingerprint density at radius 2 is 1.10 bits per heavy atom. The number of hydrogen-bond donors (Lipinski definition) is 1. The van der Waals surface area contributed by atoms with Crippen LogP contribution in [0.1, 0.15) is 157 Å². The highest BCUT2D eigenvalue weighted by molar-refractivity contribution is 6.62. The fraction of sp³-hybridized carbons (Fsp3) is 0.547. The zero-order valence-electron chi connectivity index (χ0n) is 39.6. The van der Waals surface area contributed by atoms with Crippen molar-refractivity contribution in [1.29, 1.82) is 0 Å². The summed E-state index contributed by atoms with van der Waals surface area (Å²) in [6.45, 7) is 26.4. The van der Waals surface area contributed by atoms with Crippen molar-refractivity contribution in [3.63, 3.8) is 0 Å². The maximum atomic E-state index is 11.0. The third kappa shape index (κ3) is 9.83. The molecule has 0 aromatic heterocycles. The van der Waals surface area contributed by atoms with E-state index in [1.165, 1.54) is 60.8 Å². The van der Waals surface area contributed by atoms with Crippen LogP contribution < -0.4 is 20.4 Å². The number of unbranched alkanes of at least 4 members (excludes halogenated alkanes) is 2. The quantitative estimate of drug-likeness (QED) is 0.0743. The van der Waals surface area contributed by atoms with Gasteiger partial charge in [-0.1, -0.05) is 132 Å². The Hall–Kier alpha value is -3.55. The van der Waals surface area contributed by atoms with Crippen molar-refractivity contribution in [1.82, 2.24) is 0 Å². The monoisotopic (exact) mass is 829 g/mol. The minimum atomic E-state index is -1.03. The van der Waals surface area contributed by atoms with Gasteiger partial charge in [-0.15, -0.1) is 0 Å². The van der Waals surface area contributed by atoms with Crippen LogP contribution in [-0.4, -0.2) is 55.3 Å². The van der Waals surface area contributed by atoms with Crippen LogP contribution in [0, 0.1) is 11.8 Å². The molecule has 2 unspecified atom stereocenters. The van der Waals surface area contributed by atoms with E-state index in [0.717, 1.165) is 46.4 Å². The highest BCUT2D eigenvalue weighted by Crippen LogP contribution is 2.56. The smallest absolute Gasteiger partial charge is 0.493 e. The third-order valence-corrected chi connectivity index (χ3v) is 14.5. The molecule has 1 aliphatic carbocycles. The van der Waals surface area contributed by atoms with Gasteiger partial charge in [-0.2, -0.15) is 0 Å². The Morgan fingerprint density at radius 3 is 1.54 bits per heavy atom. The summed E-state index contributed by atoms with van der Waals surface area (Å²) in [6, 6.07) is 31.1. The molecule has 6 nitrogen and oxygen atoms in total. The van der Waals surface area contributed by atoms with Crippen LogP contribution in [0.4, 0.5) is 0 Å². The zero-order valence-corrected chi connectivity index (χ0v) is 39.6. The number of benzene rings is 4. The molecule has 0 saturated carbocycles. The molecule has 4 aromatic rings. The summed E-state index contributed by atoms with van der Waals surface area (Å²) in [6.07, 6.45) is 9.42. The van der Waals surface area contributed by atoms with E-state index < -0.39 is 34.9 Å². The van der Waals surface area contributed by atoms with E-state index in [1.807, 2.05) is 13.8 Å². The number of ether oxygens (including phenoxy) is 2. The Kier molecular flexibility index (Phi) is 14.7. The molecule has 328 valence electrons. The topological polar surface area (TPSA) is 66.4 Å². The highest BCUT2D eigenvalue weighted by Gasteiger charge is 2.53. The molecule has 2 aliphatic rings. The second kappa shape index (κ2) is 19.1. The van der Waals surface area contributed by atoms with Gasteiger partial charge in [0.2, 0.25) is 0 Å². The molecule has 1 aliphatic heterocycles. The molecule has 2 atom stereocenters. The Morgan fingerprint density at radius 1 is 0.639 bits per heavy atom. The van der Waals surface area contributed by atoms with Crippen molar-refractivity contribution < 1.29 is 28.5 Å². The van der Waals surface area contributed by atoms with Crippen LogP contribution in [0.15, 0.2) is 84.9 Å². The summed E-state index contributed by atoms with van der Waals surface area (Å²) in [7, 11) is -0.169. The standard InChI is InChI=1S/C53H74B2O6/c1-13-17-19-37(15-3)35-57-43-27-21-39(22-28-43)53(40-23-29-44(30-24-40)58-36-38(16-4)20-18-14-2)47-33-41(54-59-50(7,8)49(5,6)56)25-31-45(47)46-32-26-42(34-48(46)53)55-60-51(9,10)52(11,12)61-55/h21-34,37-38,54,56H,13-20,35-36H2,1-12H3. The van der Waals surface area contributed by atoms with Crippen LogP contribution >= 0.6 is 0 Å². The van der Waals surface area contributed by atoms with Crippen LogP contribution in [0.25, 0.3) is 11.1 Å². The summed E-state index contributed by atoms with van der Waals surface area (Å²) in [5, 5.41) is 11.0. The largest absolute Gasteiger partial charge is 0.494 e. The number of hydrogen-bond acceptors (Lipinski definition) is 6. The third-order valence-electron chi connectivity index (χ3n) is 14.5. The molecule has 8 heteroatoms. The summed E-state index contributed by atoms with van der Waals surface area (Å²) in [5.74, 6) is 2.84. The average molecular weight is 829 g/mol. The molecule has 1 fully saturated rings. The average Bonchev–Trinajstić information content (AvgIpc) is 3.65. The summed E-state index contributed by atoms with van der Waals surface area (Å²) < 4.78 is 32.8. The molecule has 61 heavy (non-hydrogen) atoms. The van der Waals surface area contributed by atoms with Crippen molar-refractivity contribution in [2.24, 2.45) is 11.8 Å². The predicted molar refractivity (Wildman–Crippen MR) is 255 cm³/mol. The molecule has 0 bridgehead atoms. The highest BCUT2D eigenvalue weighted by atomic mass is 16.7. The predicted octanol–water partition coefficient (Wildman–Crippen LogP) is 11.1. The molecule has 0 spiro atoms. The maximum Gasteiger partial charge on any atom is 0.494 e. The first kappa shape index (κ1) is 46.9. The van der Waals surface area contributed by atoms with Gasteiger partial charge in [-0.05, 0) is 143 Å². The van der Waals surface area contributed by atoms with Crippen molar-refractivity contribution in [3.05, 3.63) is 107 Å². The Balaban J connectivity index is 1.51. The first-order valence-electron chi connectivity index (χ1n) is 23.4. The molecule has 0 radical (unpaired) electrons. The van der Waals surface area contributed by atoms with Crippen molar-refractivity contribution in [3.8, 4) is 22.6 Å². The van der Waals surface area contributed by atoms with E-state index in [2.05, 4.69) is 140 Å². The Labute approximate surface area is 369 Å². The first-order chi connectivity index (χ1) is 28.9. The first-order valence-corrected chi connectivity index (χ1v) is 23.4. The normalized spacial score (nSPS) is 19.0. The number of rotatable bonds is 21. The lowest BCUT2D eigenvalue weighted by Gasteiger charge is -2.38. The summed E-state index contributed by atoms with van der Waals surface area (Å²) >= 11 is 0. The van der Waals surface area contributed by atoms with Crippen molar-refractivity contribution in [2.75, 3.05) is 13.2 Å². The van der Waals surface area contributed by atoms with E-state index in [0.29, 0.717) is 32.5 Å². The van der Waals surface area contributed by atoms with Crippen LogP contribution in [0.2, 0.25) is 0 Å². The van der Waals surface area contributed by atoms with E-state index in [1.54, 1.807) is 13.8 Å². The minimum absolute atomic E-state index is 0.350. The molecule has 1 N–H and O–H groups in total. The molecule has 1 heterocycles. The Bertz CT molecular complexity index is 1970. The lowest BCUT2D eigenvalue weighted by Crippen LogP contribution is -2.49. The van der Waals surface area contributed by atoms with Gasteiger partial charge in [-0.3, -0.25) is 0 Å². The van der Waals surface area contributed by atoms with Gasteiger partial charge in [0.25, 0.3) is 0 Å². The van der Waals surface area contributed by atoms with Gasteiger partial charge >= 0.3 is 14.6 Å². The molecule has 4 aromatic carbocycles. The van der Waals surface area contributed by atoms with Gasteiger partial charge in [0.15, 0.2) is 0 Å². The maximum absolute atomic E-state index is 11.0.